The van der Waals surface area contributed by atoms with Crippen LogP contribution in [0.3, 0.4) is 0 Å². The molecule has 2 atom stereocenters. The summed E-state index contributed by atoms with van der Waals surface area (Å²) >= 11 is 2.08. The van der Waals surface area contributed by atoms with E-state index in [1.807, 2.05) is 6.08 Å². The average Bonchev–Trinajstić information content (AvgIpc) is 2.21. The predicted octanol–water partition coefficient (Wildman–Crippen LogP) is 3.46. The van der Waals surface area contributed by atoms with E-state index in [-0.39, 0.29) is 0 Å². The Morgan fingerprint density at radius 2 is 2.14 bits per heavy atom. The zero-order chi connectivity index (χ0) is 10.8. The molecule has 1 nitrogen and oxygen atoms in total. The molecule has 0 aromatic rings. The summed E-state index contributed by atoms with van der Waals surface area (Å²) in [5.41, 5.74) is 0. The molecular formula is C12H25NS. The summed E-state index contributed by atoms with van der Waals surface area (Å²) in [4.78, 5) is 0. The number of thioether (sulfide) groups is 1. The van der Waals surface area contributed by atoms with Crippen LogP contribution in [0.5, 0.6) is 0 Å². The number of nitrogens with one attached hydrogen (secondary N) is 1. The van der Waals surface area contributed by atoms with Gasteiger partial charge in [0.25, 0.3) is 0 Å². The minimum Gasteiger partial charge on any atom is -0.313 e. The van der Waals surface area contributed by atoms with Gasteiger partial charge in [0, 0.05) is 17.0 Å². The quantitative estimate of drug-likeness (QED) is 0.591. The molecule has 0 radical (unpaired) electrons. The molecule has 0 bridgehead atoms. The molecule has 0 aliphatic rings. The van der Waals surface area contributed by atoms with E-state index < -0.39 is 0 Å². The van der Waals surface area contributed by atoms with Crippen molar-refractivity contribution in [1.29, 1.82) is 0 Å². The minimum absolute atomic E-state index is 0.664. The lowest BCUT2D eigenvalue weighted by Gasteiger charge is -2.18. The Labute approximate surface area is 93.7 Å². The predicted molar refractivity (Wildman–Crippen MR) is 69.1 cm³/mol. The SMILES string of the molecule is C=CCCC(CSC(C)CC)NCC. The van der Waals surface area contributed by atoms with Gasteiger partial charge in [-0.25, -0.2) is 0 Å². The van der Waals surface area contributed by atoms with Crippen LogP contribution < -0.4 is 5.32 Å². The van der Waals surface area contributed by atoms with Crippen molar-refractivity contribution in [1.82, 2.24) is 5.32 Å². The van der Waals surface area contributed by atoms with Crippen molar-refractivity contribution in [2.24, 2.45) is 0 Å². The Morgan fingerprint density at radius 3 is 2.64 bits per heavy atom. The van der Waals surface area contributed by atoms with Gasteiger partial charge in [0.2, 0.25) is 0 Å². The monoisotopic (exact) mass is 215 g/mol. The van der Waals surface area contributed by atoms with Crippen LogP contribution in [0.1, 0.15) is 40.0 Å². The molecule has 0 heterocycles. The van der Waals surface area contributed by atoms with E-state index in [1.165, 1.54) is 18.6 Å². The highest BCUT2D eigenvalue weighted by Crippen LogP contribution is 2.16. The first-order valence-corrected chi connectivity index (χ1v) is 6.75. The Morgan fingerprint density at radius 1 is 1.43 bits per heavy atom. The van der Waals surface area contributed by atoms with Gasteiger partial charge in [0.05, 0.1) is 0 Å². The fourth-order valence-electron chi connectivity index (χ4n) is 1.25. The van der Waals surface area contributed by atoms with Gasteiger partial charge in [-0.2, -0.15) is 11.8 Å². The lowest BCUT2D eigenvalue weighted by Crippen LogP contribution is -2.31. The maximum absolute atomic E-state index is 3.77. The average molecular weight is 215 g/mol. The van der Waals surface area contributed by atoms with Crippen molar-refractivity contribution in [2.45, 2.75) is 51.3 Å². The van der Waals surface area contributed by atoms with Crippen LogP contribution in [0.2, 0.25) is 0 Å². The molecule has 0 aromatic carbocycles. The Bertz CT molecular complexity index is 136. The Kier molecular flexibility index (Phi) is 9.63. The van der Waals surface area contributed by atoms with Gasteiger partial charge in [-0.3, -0.25) is 0 Å². The van der Waals surface area contributed by atoms with Gasteiger partial charge >= 0.3 is 0 Å². The standard InChI is InChI=1S/C12H25NS/c1-5-8-9-12(13-7-3)10-14-11(4)6-2/h5,11-13H,1,6-10H2,2-4H3. The smallest absolute Gasteiger partial charge is 0.0161 e. The van der Waals surface area contributed by atoms with Gasteiger partial charge in [0.15, 0.2) is 0 Å². The maximum atomic E-state index is 3.77. The van der Waals surface area contributed by atoms with Crippen LogP contribution in [0.15, 0.2) is 12.7 Å². The summed E-state index contributed by atoms with van der Waals surface area (Å²) in [6.07, 6.45) is 5.63. The molecule has 2 heteroatoms. The molecule has 0 saturated heterocycles. The summed E-state index contributed by atoms with van der Waals surface area (Å²) in [7, 11) is 0. The van der Waals surface area contributed by atoms with E-state index in [2.05, 4.69) is 44.4 Å². The highest BCUT2D eigenvalue weighted by molar-refractivity contribution is 7.99. The molecule has 0 spiro atoms. The Hall–Kier alpha value is 0.0500. The molecule has 0 rings (SSSR count). The second-order valence-corrected chi connectivity index (χ2v) is 5.14. The van der Waals surface area contributed by atoms with Crippen molar-refractivity contribution < 1.29 is 0 Å². The molecule has 0 saturated carbocycles. The number of allylic oxidation sites excluding steroid dienone is 1. The van der Waals surface area contributed by atoms with Gasteiger partial charge in [-0.15, -0.1) is 6.58 Å². The molecule has 0 aromatic heterocycles. The zero-order valence-electron chi connectivity index (χ0n) is 9.88. The van der Waals surface area contributed by atoms with Crippen molar-refractivity contribution >= 4 is 11.8 Å². The second kappa shape index (κ2) is 9.60. The third-order valence-corrected chi connectivity index (χ3v) is 3.87. The molecule has 2 unspecified atom stereocenters. The van der Waals surface area contributed by atoms with Crippen LogP contribution in [0.4, 0.5) is 0 Å². The first-order chi connectivity index (χ1) is 6.74. The third kappa shape index (κ3) is 7.45. The van der Waals surface area contributed by atoms with E-state index in [9.17, 15) is 0 Å². The van der Waals surface area contributed by atoms with E-state index in [0.717, 1.165) is 18.2 Å². The lowest BCUT2D eigenvalue weighted by molar-refractivity contribution is 0.541. The highest BCUT2D eigenvalue weighted by atomic mass is 32.2. The van der Waals surface area contributed by atoms with Crippen molar-refractivity contribution in [3.05, 3.63) is 12.7 Å². The summed E-state index contributed by atoms with van der Waals surface area (Å²) < 4.78 is 0. The Balaban J connectivity index is 3.65. The second-order valence-electron chi connectivity index (χ2n) is 3.67. The summed E-state index contributed by atoms with van der Waals surface area (Å²) in [6, 6.07) is 0.664. The van der Waals surface area contributed by atoms with Crippen LogP contribution in [-0.2, 0) is 0 Å². The molecular weight excluding hydrogens is 190 g/mol. The number of hydrogen-bond acceptors (Lipinski definition) is 2. The van der Waals surface area contributed by atoms with Crippen LogP contribution in [0, 0.1) is 0 Å². The molecule has 0 fully saturated rings. The van der Waals surface area contributed by atoms with E-state index >= 15 is 0 Å². The number of hydrogen-bond donors (Lipinski definition) is 1. The van der Waals surface area contributed by atoms with Gasteiger partial charge in [-0.1, -0.05) is 26.8 Å². The first-order valence-electron chi connectivity index (χ1n) is 5.70. The largest absolute Gasteiger partial charge is 0.313 e. The normalized spacial score (nSPS) is 15.1. The molecule has 0 aliphatic heterocycles. The molecule has 0 aliphatic carbocycles. The fourth-order valence-corrected chi connectivity index (χ4v) is 2.33. The van der Waals surface area contributed by atoms with Crippen molar-refractivity contribution in [3.8, 4) is 0 Å². The molecule has 1 N–H and O–H groups in total. The highest BCUT2D eigenvalue weighted by Gasteiger charge is 2.08. The van der Waals surface area contributed by atoms with Crippen LogP contribution in [0.25, 0.3) is 0 Å². The molecule has 84 valence electrons. The van der Waals surface area contributed by atoms with Gasteiger partial charge in [-0.05, 0) is 25.8 Å². The van der Waals surface area contributed by atoms with Crippen LogP contribution in [-0.4, -0.2) is 23.6 Å². The minimum atomic E-state index is 0.664. The van der Waals surface area contributed by atoms with Crippen LogP contribution >= 0.6 is 11.8 Å². The van der Waals surface area contributed by atoms with Crippen molar-refractivity contribution in [3.63, 3.8) is 0 Å². The van der Waals surface area contributed by atoms with E-state index in [1.54, 1.807) is 0 Å². The maximum Gasteiger partial charge on any atom is 0.0161 e. The zero-order valence-corrected chi connectivity index (χ0v) is 10.7. The topological polar surface area (TPSA) is 12.0 Å². The van der Waals surface area contributed by atoms with E-state index in [0.29, 0.717) is 6.04 Å². The van der Waals surface area contributed by atoms with Gasteiger partial charge < -0.3 is 5.32 Å². The van der Waals surface area contributed by atoms with E-state index in [4.69, 9.17) is 0 Å². The van der Waals surface area contributed by atoms with Gasteiger partial charge in [0.1, 0.15) is 0 Å². The lowest BCUT2D eigenvalue weighted by atomic mass is 10.2. The third-order valence-electron chi connectivity index (χ3n) is 2.37. The first kappa shape index (κ1) is 14.1. The summed E-state index contributed by atoms with van der Waals surface area (Å²) in [5, 5.41) is 4.32. The summed E-state index contributed by atoms with van der Waals surface area (Å²) in [5.74, 6) is 1.23. The summed E-state index contributed by atoms with van der Waals surface area (Å²) in [6.45, 7) is 11.6. The number of rotatable bonds is 9. The fraction of sp³-hybridized carbons (Fsp3) is 0.833. The van der Waals surface area contributed by atoms with Crippen molar-refractivity contribution in [2.75, 3.05) is 12.3 Å². The molecule has 14 heavy (non-hydrogen) atoms. The molecule has 0 amide bonds.